The second-order valence-corrected chi connectivity index (χ2v) is 13.9. The Morgan fingerprint density at radius 3 is 2.33 bits per heavy atom. The monoisotopic (exact) mass is 594 g/mol. The van der Waals surface area contributed by atoms with Crippen molar-refractivity contribution in [2.75, 3.05) is 21.7 Å². The molecular weight excluding hydrogens is 566 g/mol. The molecule has 0 aliphatic carbocycles. The highest BCUT2D eigenvalue weighted by atomic mass is 16.5. The average molecular weight is 595 g/mol. The van der Waals surface area contributed by atoms with Crippen LogP contribution in [-0.2, 0) is 11.0 Å². The molecule has 0 radical (unpaired) electrons. The van der Waals surface area contributed by atoms with Gasteiger partial charge in [0.15, 0.2) is 12.0 Å². The van der Waals surface area contributed by atoms with Gasteiger partial charge in [0.25, 0.3) is 5.82 Å². The standard InChI is InChI=1S/C40H28N5O/c1-39(2)26-14-6-12-24-22-10-4-5-11-23(22)25-13-9-21-43-37(25)45(34(24)26)35-27(39)18-19-31-33(35)40(43)32-28(15-7-17-30(32)46-31)44-29-16-8-20-41-36(29)42(3)38(40)44/h4-21,38H,1-3H3/q+1. The van der Waals surface area contributed by atoms with Crippen molar-refractivity contribution in [3.05, 3.63) is 132 Å². The molecule has 1 spiro atoms. The first kappa shape index (κ1) is 23.7. The van der Waals surface area contributed by atoms with Crippen molar-refractivity contribution in [2.24, 2.45) is 0 Å². The molecule has 6 aromatic rings. The lowest BCUT2D eigenvalue weighted by atomic mass is 9.67. The molecule has 0 N–H and O–H groups in total. The minimum Gasteiger partial charge on any atom is -0.456 e. The normalized spacial score (nSPS) is 21.5. The van der Waals surface area contributed by atoms with Crippen LogP contribution in [0, 0.1) is 0 Å². The fourth-order valence-electron chi connectivity index (χ4n) is 9.97. The highest BCUT2D eigenvalue weighted by Gasteiger charge is 2.71. The number of likely N-dealkylation sites (N-methyl/N-ethyl adjacent to an activating group) is 1. The number of hydrogen-bond donors (Lipinski definition) is 0. The van der Waals surface area contributed by atoms with Gasteiger partial charge in [-0.3, -0.25) is 0 Å². The molecule has 6 nitrogen and oxygen atoms in total. The van der Waals surface area contributed by atoms with Crippen LogP contribution in [0.15, 0.2) is 109 Å². The van der Waals surface area contributed by atoms with Gasteiger partial charge in [-0.2, -0.15) is 4.90 Å². The number of nitrogens with zero attached hydrogens (tertiary/aromatic N) is 5. The van der Waals surface area contributed by atoms with Crippen LogP contribution in [0.4, 0.5) is 34.4 Å². The summed E-state index contributed by atoms with van der Waals surface area (Å²) in [4.78, 5) is 12.4. The van der Waals surface area contributed by atoms with Gasteiger partial charge in [-0.1, -0.05) is 68.4 Å². The largest absolute Gasteiger partial charge is 0.456 e. The van der Waals surface area contributed by atoms with Gasteiger partial charge in [0, 0.05) is 35.3 Å². The summed E-state index contributed by atoms with van der Waals surface area (Å²) >= 11 is 0. The molecule has 0 fully saturated rings. The van der Waals surface area contributed by atoms with Crippen molar-refractivity contribution >= 4 is 34.4 Å². The van der Waals surface area contributed by atoms with Crippen LogP contribution >= 0.6 is 0 Å². The third kappa shape index (κ3) is 2.22. The van der Waals surface area contributed by atoms with Gasteiger partial charge in [-0.25, -0.2) is 9.55 Å². The number of pyridine rings is 2. The lowest BCUT2D eigenvalue weighted by Crippen LogP contribution is -2.71. The van der Waals surface area contributed by atoms with Crippen LogP contribution in [0.1, 0.15) is 36.1 Å². The Hall–Kier alpha value is -5.62. The lowest BCUT2D eigenvalue weighted by molar-refractivity contribution is -0.734. The van der Waals surface area contributed by atoms with E-state index in [1.54, 1.807) is 0 Å². The van der Waals surface area contributed by atoms with Crippen molar-refractivity contribution in [3.8, 4) is 33.8 Å². The highest BCUT2D eigenvalue weighted by Crippen LogP contribution is 2.70. The number of para-hydroxylation sites is 1. The van der Waals surface area contributed by atoms with E-state index in [1.165, 1.54) is 67.4 Å². The molecule has 6 aliphatic rings. The van der Waals surface area contributed by atoms with Crippen molar-refractivity contribution in [1.82, 2.24) is 4.98 Å². The number of ether oxygens (including phenoxy) is 1. The van der Waals surface area contributed by atoms with Gasteiger partial charge < -0.3 is 14.5 Å². The second-order valence-electron chi connectivity index (χ2n) is 13.9. The van der Waals surface area contributed by atoms with Gasteiger partial charge in [-0.15, -0.1) is 0 Å². The molecule has 8 heterocycles. The molecule has 0 bridgehead atoms. The molecule has 2 aromatic heterocycles. The topological polar surface area (TPSA) is 35.7 Å². The first-order chi connectivity index (χ1) is 22.5. The minimum absolute atomic E-state index is 0.0976. The summed E-state index contributed by atoms with van der Waals surface area (Å²) in [6.07, 6.45) is 4.13. The van der Waals surface area contributed by atoms with Crippen molar-refractivity contribution in [3.63, 3.8) is 0 Å². The smallest absolute Gasteiger partial charge is 0.296 e. The number of hydrogen-bond acceptors (Lipinski definition) is 5. The van der Waals surface area contributed by atoms with Crippen LogP contribution in [0.25, 0.3) is 22.3 Å². The van der Waals surface area contributed by atoms with Gasteiger partial charge in [0.05, 0.1) is 34.3 Å². The Labute approximate surface area is 266 Å². The van der Waals surface area contributed by atoms with E-state index in [2.05, 4.69) is 143 Å². The Morgan fingerprint density at radius 2 is 1.43 bits per heavy atom. The van der Waals surface area contributed by atoms with E-state index in [9.17, 15) is 0 Å². The zero-order chi connectivity index (χ0) is 30.3. The van der Waals surface area contributed by atoms with Gasteiger partial charge in [-0.05, 0) is 53.6 Å². The van der Waals surface area contributed by atoms with E-state index in [0.29, 0.717) is 0 Å². The summed E-state index contributed by atoms with van der Waals surface area (Å²) < 4.78 is 9.57. The van der Waals surface area contributed by atoms with Gasteiger partial charge >= 0.3 is 0 Å². The summed E-state index contributed by atoms with van der Waals surface area (Å²) in [5, 5.41) is 0. The second kappa shape index (κ2) is 7.26. The Bertz CT molecular complexity index is 2450. The third-order valence-electron chi connectivity index (χ3n) is 11.6. The van der Waals surface area contributed by atoms with E-state index >= 15 is 0 Å². The third-order valence-corrected chi connectivity index (χ3v) is 11.6. The number of anilines is 6. The fourth-order valence-corrected chi connectivity index (χ4v) is 9.97. The van der Waals surface area contributed by atoms with Crippen LogP contribution in [0.3, 0.4) is 0 Å². The molecule has 0 amide bonds. The fraction of sp³-hybridized carbons (Fsp3) is 0.150. The number of fused-ring (bicyclic) bond motifs is 7. The molecule has 0 saturated heterocycles. The van der Waals surface area contributed by atoms with E-state index in [1.807, 2.05) is 6.20 Å². The van der Waals surface area contributed by atoms with Crippen LogP contribution in [0.2, 0.25) is 0 Å². The maximum Gasteiger partial charge on any atom is 0.296 e. The van der Waals surface area contributed by atoms with Gasteiger partial charge in [0.2, 0.25) is 5.54 Å². The molecular formula is C40H28N5O+. The maximum atomic E-state index is 6.98. The molecule has 4 aromatic carbocycles. The Kier molecular flexibility index (Phi) is 3.74. The van der Waals surface area contributed by atoms with E-state index < -0.39 is 5.54 Å². The molecule has 218 valence electrons. The summed E-state index contributed by atoms with van der Waals surface area (Å²) in [5.41, 5.74) is 14.1. The quantitative estimate of drug-likeness (QED) is 0.165. The summed E-state index contributed by atoms with van der Waals surface area (Å²) in [6, 6.07) is 35.7. The van der Waals surface area contributed by atoms with E-state index in [0.717, 1.165) is 23.0 Å². The Balaban J connectivity index is 1.34. The Morgan fingerprint density at radius 1 is 0.696 bits per heavy atom. The number of rotatable bonds is 0. The van der Waals surface area contributed by atoms with Crippen LogP contribution in [0.5, 0.6) is 11.5 Å². The molecule has 46 heavy (non-hydrogen) atoms. The summed E-state index contributed by atoms with van der Waals surface area (Å²) in [6.45, 7) is 4.78. The molecule has 0 saturated carbocycles. The van der Waals surface area contributed by atoms with Crippen LogP contribution < -0.4 is 24.0 Å². The molecule has 6 heteroatoms. The maximum absolute atomic E-state index is 6.98. The average Bonchev–Trinajstić information content (AvgIpc) is 3.51. The predicted octanol–water partition coefficient (Wildman–Crippen LogP) is 8.26. The van der Waals surface area contributed by atoms with Gasteiger partial charge in [0.1, 0.15) is 22.9 Å². The van der Waals surface area contributed by atoms with Crippen molar-refractivity contribution < 1.29 is 9.30 Å². The first-order valence-corrected chi connectivity index (χ1v) is 16.1. The minimum atomic E-state index is -0.621. The van der Waals surface area contributed by atoms with E-state index in [4.69, 9.17) is 9.72 Å². The van der Waals surface area contributed by atoms with E-state index in [-0.39, 0.29) is 11.6 Å². The summed E-state index contributed by atoms with van der Waals surface area (Å²) in [7, 11) is 2.21. The molecule has 2 atom stereocenters. The van der Waals surface area contributed by atoms with Crippen molar-refractivity contribution in [2.45, 2.75) is 31.0 Å². The highest BCUT2D eigenvalue weighted by molar-refractivity contribution is 6.06. The molecule has 6 aliphatic heterocycles. The zero-order valence-corrected chi connectivity index (χ0v) is 25.6. The predicted molar refractivity (Wildman–Crippen MR) is 179 cm³/mol. The van der Waals surface area contributed by atoms with Crippen LogP contribution in [-0.4, -0.2) is 18.2 Å². The number of aromatic nitrogens is 2. The van der Waals surface area contributed by atoms with Crippen molar-refractivity contribution in [1.29, 1.82) is 0 Å². The zero-order valence-electron chi connectivity index (χ0n) is 25.6. The summed E-state index contributed by atoms with van der Waals surface area (Å²) in [5.74, 6) is 4.04. The number of benzene rings is 4. The molecule has 2 unspecified atom stereocenters. The lowest BCUT2D eigenvalue weighted by Gasteiger charge is -2.49. The first-order valence-electron chi connectivity index (χ1n) is 16.1. The molecule has 12 rings (SSSR count). The SMILES string of the molecule is CN1c2ncccc2N2c3cccc4c3C3(c5c(ccc6c5N5c7c(cccc7C6(C)C)-c6ccccc6-c6ccc[n+]3c65)O4)C12.